The molecular weight excluding hydrogens is 318 g/mol. The number of nitrogens with zero attached hydrogens (tertiary/aromatic N) is 3. The molecule has 3 N–H and O–H groups in total. The lowest BCUT2D eigenvalue weighted by Gasteiger charge is -2.32. The molecule has 1 saturated heterocycles. The van der Waals surface area contributed by atoms with Crippen LogP contribution in [0.4, 0.5) is 17.2 Å². The molecule has 2 heterocycles. The second-order valence-electron chi connectivity index (χ2n) is 6.43. The summed E-state index contributed by atoms with van der Waals surface area (Å²) in [6.45, 7) is 3.71. The number of aromatic nitrogens is 2. The van der Waals surface area contributed by atoms with Crippen LogP contribution in [0.3, 0.4) is 0 Å². The van der Waals surface area contributed by atoms with Crippen molar-refractivity contribution in [2.45, 2.75) is 25.9 Å². The zero-order valence-electron chi connectivity index (χ0n) is 14.7. The average molecular weight is 343 g/mol. The molecule has 7 heteroatoms. The summed E-state index contributed by atoms with van der Waals surface area (Å²) in [6, 6.07) is 9.80. The van der Waals surface area contributed by atoms with Gasteiger partial charge in [-0.15, -0.1) is 0 Å². The number of hydrogen-bond donors (Lipinski definition) is 3. The van der Waals surface area contributed by atoms with Crippen molar-refractivity contribution in [3.05, 3.63) is 36.0 Å². The lowest BCUT2D eigenvalue weighted by atomic mass is 10.1. The summed E-state index contributed by atoms with van der Waals surface area (Å²) in [4.78, 5) is 14.5. The van der Waals surface area contributed by atoms with E-state index in [4.69, 9.17) is 0 Å². The highest BCUT2D eigenvalue weighted by molar-refractivity contribution is 5.93. The molecule has 134 valence electrons. The first kappa shape index (κ1) is 17.3. The normalized spacial score (nSPS) is 15.2. The van der Waals surface area contributed by atoms with Gasteiger partial charge >= 0.3 is 0 Å². The molecule has 1 aliphatic heterocycles. The summed E-state index contributed by atoms with van der Waals surface area (Å²) in [7, 11) is 1.80. The molecule has 25 heavy (non-hydrogen) atoms. The van der Waals surface area contributed by atoms with Gasteiger partial charge in [-0.1, -0.05) is 12.1 Å². The zero-order chi connectivity index (χ0) is 17.8. The quantitative estimate of drug-likeness (QED) is 0.770. The number of aryl methyl sites for hydroxylation is 2. The topological polar surface area (TPSA) is 82.4 Å². The van der Waals surface area contributed by atoms with Gasteiger partial charge in [0.2, 0.25) is 5.91 Å². The molecule has 0 aliphatic carbocycles. The molecule has 0 atom stereocenters. The Kier molecular flexibility index (Phi) is 5.23. The maximum absolute atomic E-state index is 12.2. The van der Waals surface area contributed by atoms with Crippen LogP contribution in [0.25, 0.3) is 0 Å². The standard InChI is InChI=1S/C18H25N5O2/c1-13-11-17(22(2)21-13)20-18(25)12-19-15-5-3-4-6-16(15)23-9-7-14(24)8-10-23/h3-6,11,14,19,24H,7-10,12H2,1-2H3,(H,20,25). The van der Waals surface area contributed by atoms with E-state index >= 15 is 0 Å². The minimum atomic E-state index is -0.204. The number of aliphatic hydroxyl groups excluding tert-OH is 1. The largest absolute Gasteiger partial charge is 0.393 e. The van der Waals surface area contributed by atoms with Crippen LogP contribution in [0.15, 0.2) is 30.3 Å². The number of benzene rings is 1. The van der Waals surface area contributed by atoms with E-state index in [1.54, 1.807) is 11.7 Å². The van der Waals surface area contributed by atoms with Crippen molar-refractivity contribution in [2.24, 2.45) is 7.05 Å². The van der Waals surface area contributed by atoms with E-state index in [1.807, 2.05) is 37.3 Å². The van der Waals surface area contributed by atoms with Gasteiger partial charge in [-0.2, -0.15) is 5.10 Å². The van der Waals surface area contributed by atoms with Crippen LogP contribution in [0.5, 0.6) is 0 Å². The van der Waals surface area contributed by atoms with E-state index in [0.717, 1.165) is 43.0 Å². The smallest absolute Gasteiger partial charge is 0.244 e. The second-order valence-corrected chi connectivity index (χ2v) is 6.43. The van der Waals surface area contributed by atoms with Gasteiger partial charge in [-0.3, -0.25) is 9.48 Å². The molecule has 0 bridgehead atoms. The van der Waals surface area contributed by atoms with Crippen LogP contribution >= 0.6 is 0 Å². The van der Waals surface area contributed by atoms with Gasteiger partial charge in [0.1, 0.15) is 5.82 Å². The molecule has 0 saturated carbocycles. The van der Waals surface area contributed by atoms with Crippen molar-refractivity contribution in [2.75, 3.05) is 35.2 Å². The Hall–Kier alpha value is -2.54. The maximum Gasteiger partial charge on any atom is 0.244 e. The molecule has 0 radical (unpaired) electrons. The van der Waals surface area contributed by atoms with E-state index in [0.29, 0.717) is 5.82 Å². The highest BCUT2D eigenvalue weighted by Crippen LogP contribution is 2.28. The Labute approximate surface area is 147 Å². The second kappa shape index (κ2) is 7.57. The highest BCUT2D eigenvalue weighted by atomic mass is 16.3. The Balaban J connectivity index is 1.61. The molecule has 1 amide bonds. The van der Waals surface area contributed by atoms with E-state index < -0.39 is 0 Å². The monoisotopic (exact) mass is 343 g/mol. The molecule has 0 unspecified atom stereocenters. The fourth-order valence-electron chi connectivity index (χ4n) is 3.10. The Morgan fingerprint density at radius 2 is 2.04 bits per heavy atom. The van der Waals surface area contributed by atoms with Crippen molar-refractivity contribution < 1.29 is 9.90 Å². The lowest BCUT2D eigenvalue weighted by Crippen LogP contribution is -2.36. The zero-order valence-corrected chi connectivity index (χ0v) is 14.7. The average Bonchev–Trinajstić information content (AvgIpc) is 2.91. The number of carbonyl (C=O) groups excluding carboxylic acids is 1. The molecule has 7 nitrogen and oxygen atoms in total. The van der Waals surface area contributed by atoms with E-state index in [1.165, 1.54) is 0 Å². The molecule has 1 aliphatic rings. The minimum absolute atomic E-state index is 0.119. The fraction of sp³-hybridized carbons (Fsp3) is 0.444. The molecular formula is C18H25N5O2. The molecule has 1 aromatic carbocycles. The number of aliphatic hydroxyl groups is 1. The first-order chi connectivity index (χ1) is 12.0. The van der Waals surface area contributed by atoms with Gasteiger partial charge in [-0.25, -0.2) is 0 Å². The van der Waals surface area contributed by atoms with Crippen LogP contribution in [0, 0.1) is 6.92 Å². The maximum atomic E-state index is 12.2. The van der Waals surface area contributed by atoms with Gasteiger partial charge < -0.3 is 20.6 Å². The predicted molar refractivity (Wildman–Crippen MR) is 99.0 cm³/mol. The molecule has 3 rings (SSSR count). The summed E-state index contributed by atoms with van der Waals surface area (Å²) < 4.78 is 1.65. The first-order valence-corrected chi connectivity index (χ1v) is 8.59. The number of para-hydroxylation sites is 2. The number of piperidine rings is 1. The van der Waals surface area contributed by atoms with Crippen LogP contribution in [-0.4, -0.2) is 46.5 Å². The van der Waals surface area contributed by atoms with Crippen molar-refractivity contribution in [1.29, 1.82) is 0 Å². The van der Waals surface area contributed by atoms with Crippen molar-refractivity contribution >= 4 is 23.1 Å². The summed E-state index contributed by atoms with van der Waals surface area (Å²) in [5.41, 5.74) is 2.86. The number of rotatable bonds is 5. The predicted octanol–water partition coefficient (Wildman–Crippen LogP) is 1.74. The Bertz CT molecular complexity index is 735. The number of amides is 1. The van der Waals surface area contributed by atoms with Crippen molar-refractivity contribution in [3.63, 3.8) is 0 Å². The van der Waals surface area contributed by atoms with E-state index in [9.17, 15) is 9.90 Å². The lowest BCUT2D eigenvalue weighted by molar-refractivity contribution is -0.114. The van der Waals surface area contributed by atoms with Crippen molar-refractivity contribution in [1.82, 2.24) is 9.78 Å². The summed E-state index contributed by atoms with van der Waals surface area (Å²) >= 11 is 0. The van der Waals surface area contributed by atoms with Gasteiger partial charge in [-0.05, 0) is 31.9 Å². The fourth-order valence-corrected chi connectivity index (χ4v) is 3.10. The SMILES string of the molecule is Cc1cc(NC(=O)CNc2ccccc2N2CCC(O)CC2)n(C)n1. The number of hydrogen-bond acceptors (Lipinski definition) is 5. The minimum Gasteiger partial charge on any atom is -0.393 e. The summed E-state index contributed by atoms with van der Waals surface area (Å²) in [6.07, 6.45) is 1.34. The van der Waals surface area contributed by atoms with Gasteiger partial charge in [0, 0.05) is 26.2 Å². The third kappa shape index (κ3) is 4.30. The third-order valence-corrected chi connectivity index (χ3v) is 4.42. The van der Waals surface area contributed by atoms with Crippen molar-refractivity contribution in [3.8, 4) is 0 Å². The highest BCUT2D eigenvalue weighted by Gasteiger charge is 2.19. The number of nitrogens with one attached hydrogen (secondary N) is 2. The van der Waals surface area contributed by atoms with E-state index in [2.05, 4.69) is 20.6 Å². The molecule has 2 aromatic rings. The first-order valence-electron chi connectivity index (χ1n) is 8.59. The molecule has 1 aromatic heterocycles. The van der Waals surface area contributed by atoms with Crippen LogP contribution in [0.1, 0.15) is 18.5 Å². The van der Waals surface area contributed by atoms with Crippen LogP contribution in [-0.2, 0) is 11.8 Å². The van der Waals surface area contributed by atoms with Gasteiger partial charge in [0.05, 0.1) is 29.7 Å². The van der Waals surface area contributed by atoms with Gasteiger partial charge in [0.15, 0.2) is 0 Å². The molecule has 1 fully saturated rings. The number of carbonyl (C=O) groups is 1. The summed E-state index contributed by atoms with van der Waals surface area (Å²) in [5.74, 6) is 0.564. The third-order valence-electron chi connectivity index (χ3n) is 4.42. The Morgan fingerprint density at radius 3 is 2.72 bits per heavy atom. The Morgan fingerprint density at radius 1 is 1.32 bits per heavy atom. The van der Waals surface area contributed by atoms with Crippen LogP contribution in [0.2, 0.25) is 0 Å². The number of anilines is 3. The van der Waals surface area contributed by atoms with Crippen LogP contribution < -0.4 is 15.5 Å². The molecule has 0 spiro atoms. The van der Waals surface area contributed by atoms with Gasteiger partial charge in [0.25, 0.3) is 0 Å². The summed E-state index contributed by atoms with van der Waals surface area (Å²) in [5, 5.41) is 20.0. The van der Waals surface area contributed by atoms with E-state index in [-0.39, 0.29) is 18.6 Å².